The van der Waals surface area contributed by atoms with Gasteiger partial charge in [0, 0.05) is 32.0 Å². The van der Waals surface area contributed by atoms with Crippen molar-refractivity contribution in [3.05, 3.63) is 36.2 Å². The quantitative estimate of drug-likeness (QED) is 0.157. The summed E-state index contributed by atoms with van der Waals surface area (Å²) >= 11 is 0. The summed E-state index contributed by atoms with van der Waals surface area (Å²) in [4.78, 5) is 8.42. The molecule has 3 N–H and O–H groups in total. The molecule has 2 rings (SSSR count). The van der Waals surface area contributed by atoms with E-state index < -0.39 is 10.0 Å². The van der Waals surface area contributed by atoms with E-state index in [1.54, 1.807) is 12.3 Å². The summed E-state index contributed by atoms with van der Waals surface area (Å²) in [6, 6.07) is 3.12. The summed E-state index contributed by atoms with van der Waals surface area (Å²) in [5, 5.41) is 6.49. The van der Waals surface area contributed by atoms with Gasteiger partial charge in [0.2, 0.25) is 10.0 Å². The van der Waals surface area contributed by atoms with Crippen molar-refractivity contribution in [3.8, 4) is 0 Å². The lowest BCUT2D eigenvalue weighted by Crippen LogP contribution is -2.38. The topological polar surface area (TPSA) is 95.5 Å². The SMILES string of the molecule is CCNC(=NCCNS(=O)(=O)c1cccnc1)NCCC1=CCCCC1.I. The second-order valence-electron chi connectivity index (χ2n) is 6.13. The first-order valence-electron chi connectivity index (χ1n) is 9.21. The number of nitrogens with one attached hydrogen (secondary N) is 3. The van der Waals surface area contributed by atoms with Crippen LogP contribution in [0.4, 0.5) is 0 Å². The monoisotopic (exact) mass is 507 g/mol. The molecule has 1 aromatic rings. The van der Waals surface area contributed by atoms with Crippen molar-refractivity contribution in [2.24, 2.45) is 4.99 Å². The minimum absolute atomic E-state index is 0. The van der Waals surface area contributed by atoms with E-state index >= 15 is 0 Å². The van der Waals surface area contributed by atoms with Crippen LogP contribution in [0.15, 0.2) is 46.1 Å². The number of aliphatic imine (C=N–C) groups is 1. The van der Waals surface area contributed by atoms with Gasteiger partial charge in [-0.15, -0.1) is 24.0 Å². The first-order valence-corrected chi connectivity index (χ1v) is 10.7. The molecular weight excluding hydrogens is 477 g/mol. The second kappa shape index (κ2) is 13.1. The zero-order valence-electron chi connectivity index (χ0n) is 15.8. The van der Waals surface area contributed by atoms with E-state index in [1.807, 2.05) is 6.92 Å². The molecule has 9 heteroatoms. The number of nitrogens with zero attached hydrogens (tertiary/aromatic N) is 2. The molecule has 1 aromatic heterocycles. The van der Waals surface area contributed by atoms with Gasteiger partial charge in [0.15, 0.2) is 5.96 Å². The Morgan fingerprint density at radius 2 is 2.11 bits per heavy atom. The van der Waals surface area contributed by atoms with Crippen LogP contribution >= 0.6 is 24.0 Å². The standard InChI is InChI=1S/C18H29N5O2S.HI/c1-2-20-18(21-12-10-16-7-4-3-5-8-16)22-13-14-23-26(24,25)17-9-6-11-19-15-17;/h6-7,9,11,15,23H,2-5,8,10,12-14H2,1H3,(H2,20,21,22);1H. The molecule has 0 saturated carbocycles. The average molecular weight is 507 g/mol. The maximum atomic E-state index is 12.1. The Kier molecular flexibility index (Phi) is 11.5. The largest absolute Gasteiger partial charge is 0.357 e. The Morgan fingerprint density at radius 3 is 2.78 bits per heavy atom. The summed E-state index contributed by atoms with van der Waals surface area (Å²) in [5.41, 5.74) is 1.52. The minimum Gasteiger partial charge on any atom is -0.357 e. The highest BCUT2D eigenvalue weighted by Crippen LogP contribution is 2.19. The fourth-order valence-electron chi connectivity index (χ4n) is 2.75. The summed E-state index contributed by atoms with van der Waals surface area (Å²) in [6.45, 7) is 4.19. The Hall–Kier alpha value is -1.20. The van der Waals surface area contributed by atoms with Crippen molar-refractivity contribution in [2.75, 3.05) is 26.2 Å². The van der Waals surface area contributed by atoms with Gasteiger partial charge in [0.1, 0.15) is 4.90 Å². The van der Waals surface area contributed by atoms with Gasteiger partial charge in [0.25, 0.3) is 0 Å². The van der Waals surface area contributed by atoms with Gasteiger partial charge >= 0.3 is 0 Å². The van der Waals surface area contributed by atoms with Crippen LogP contribution in [0.3, 0.4) is 0 Å². The fourth-order valence-corrected chi connectivity index (χ4v) is 3.74. The predicted molar refractivity (Wildman–Crippen MR) is 120 cm³/mol. The summed E-state index contributed by atoms with van der Waals surface area (Å²) < 4.78 is 26.8. The highest BCUT2D eigenvalue weighted by atomic mass is 127. The van der Waals surface area contributed by atoms with E-state index in [-0.39, 0.29) is 35.4 Å². The smallest absolute Gasteiger partial charge is 0.242 e. The van der Waals surface area contributed by atoms with Crippen molar-refractivity contribution >= 4 is 40.0 Å². The van der Waals surface area contributed by atoms with Crippen LogP contribution in [-0.2, 0) is 10.0 Å². The molecule has 0 bridgehead atoms. The van der Waals surface area contributed by atoms with Gasteiger partial charge in [-0.1, -0.05) is 11.6 Å². The molecule has 0 aromatic carbocycles. The van der Waals surface area contributed by atoms with Crippen LogP contribution in [0.1, 0.15) is 39.0 Å². The molecule has 0 spiro atoms. The number of guanidine groups is 1. The summed E-state index contributed by atoms with van der Waals surface area (Å²) in [6.07, 6.45) is 11.2. The van der Waals surface area contributed by atoms with Gasteiger partial charge in [0.05, 0.1) is 6.54 Å². The Morgan fingerprint density at radius 1 is 1.26 bits per heavy atom. The Balaban J connectivity index is 0.00000364. The maximum absolute atomic E-state index is 12.1. The van der Waals surface area contributed by atoms with E-state index in [1.165, 1.54) is 43.5 Å². The lowest BCUT2D eigenvalue weighted by atomic mass is 9.97. The van der Waals surface area contributed by atoms with Gasteiger partial charge < -0.3 is 10.6 Å². The molecule has 0 aliphatic heterocycles. The van der Waals surface area contributed by atoms with Crippen molar-refractivity contribution in [1.82, 2.24) is 20.3 Å². The number of pyridine rings is 1. The van der Waals surface area contributed by atoms with Crippen molar-refractivity contribution < 1.29 is 8.42 Å². The number of hydrogen-bond acceptors (Lipinski definition) is 4. The number of aromatic nitrogens is 1. The van der Waals surface area contributed by atoms with Crippen LogP contribution in [0, 0.1) is 0 Å². The number of hydrogen-bond donors (Lipinski definition) is 3. The zero-order valence-corrected chi connectivity index (χ0v) is 18.9. The molecule has 0 amide bonds. The summed E-state index contributed by atoms with van der Waals surface area (Å²) in [5.74, 6) is 0.712. The molecule has 0 atom stereocenters. The molecule has 152 valence electrons. The van der Waals surface area contributed by atoms with Crippen LogP contribution in [0.2, 0.25) is 0 Å². The third-order valence-electron chi connectivity index (χ3n) is 4.09. The number of allylic oxidation sites excluding steroid dienone is 1. The first-order chi connectivity index (χ1) is 12.6. The first kappa shape index (κ1) is 23.8. The third kappa shape index (κ3) is 9.02. The van der Waals surface area contributed by atoms with Crippen molar-refractivity contribution in [1.29, 1.82) is 0 Å². The predicted octanol–water partition coefficient (Wildman–Crippen LogP) is 2.42. The van der Waals surface area contributed by atoms with E-state index in [4.69, 9.17) is 0 Å². The highest BCUT2D eigenvalue weighted by molar-refractivity contribution is 14.0. The third-order valence-corrected chi connectivity index (χ3v) is 5.53. The summed E-state index contributed by atoms with van der Waals surface area (Å²) in [7, 11) is -3.53. The van der Waals surface area contributed by atoms with Crippen LogP contribution in [0.25, 0.3) is 0 Å². The molecule has 1 heterocycles. The second-order valence-corrected chi connectivity index (χ2v) is 7.90. The van der Waals surface area contributed by atoms with E-state index in [0.717, 1.165) is 19.5 Å². The van der Waals surface area contributed by atoms with E-state index in [9.17, 15) is 8.42 Å². The van der Waals surface area contributed by atoms with E-state index in [0.29, 0.717) is 12.5 Å². The van der Waals surface area contributed by atoms with Crippen LogP contribution in [-0.4, -0.2) is 45.5 Å². The normalized spacial score (nSPS) is 14.9. The molecular formula is C18H30IN5O2S. The molecule has 7 nitrogen and oxygen atoms in total. The molecule has 0 unspecified atom stereocenters. The Labute approximate surface area is 179 Å². The minimum atomic E-state index is -3.53. The van der Waals surface area contributed by atoms with Crippen LogP contribution < -0.4 is 15.4 Å². The van der Waals surface area contributed by atoms with Gasteiger partial charge in [-0.2, -0.15) is 0 Å². The fraction of sp³-hybridized carbons (Fsp3) is 0.556. The van der Waals surface area contributed by atoms with Crippen LogP contribution in [0.5, 0.6) is 0 Å². The zero-order chi connectivity index (χ0) is 18.7. The highest BCUT2D eigenvalue weighted by Gasteiger charge is 2.12. The lowest BCUT2D eigenvalue weighted by molar-refractivity contribution is 0.581. The molecule has 27 heavy (non-hydrogen) atoms. The van der Waals surface area contributed by atoms with Crippen molar-refractivity contribution in [3.63, 3.8) is 0 Å². The molecule has 0 radical (unpaired) electrons. The number of rotatable bonds is 9. The molecule has 1 aliphatic rings. The average Bonchev–Trinajstić information content (AvgIpc) is 2.67. The van der Waals surface area contributed by atoms with E-state index in [2.05, 4.69) is 31.4 Å². The van der Waals surface area contributed by atoms with Gasteiger partial charge in [-0.25, -0.2) is 13.1 Å². The molecule has 0 saturated heterocycles. The molecule has 1 aliphatic carbocycles. The maximum Gasteiger partial charge on any atom is 0.242 e. The van der Waals surface area contributed by atoms with Gasteiger partial charge in [-0.05, 0) is 51.2 Å². The number of sulfonamides is 1. The Bertz CT molecular complexity index is 708. The lowest BCUT2D eigenvalue weighted by Gasteiger charge is -2.15. The number of halogens is 1. The van der Waals surface area contributed by atoms with Crippen molar-refractivity contribution in [2.45, 2.75) is 43.9 Å². The molecule has 0 fully saturated rings. The van der Waals surface area contributed by atoms with Gasteiger partial charge in [-0.3, -0.25) is 9.98 Å².